The maximum atomic E-state index is 7.52. The van der Waals surface area contributed by atoms with Crippen molar-refractivity contribution in [1.29, 1.82) is 0 Å². The van der Waals surface area contributed by atoms with Crippen LogP contribution < -0.4 is 14.3 Å². The molecule has 0 unspecified atom stereocenters. The molecule has 0 fully saturated rings. The van der Waals surface area contributed by atoms with Gasteiger partial charge in [0, 0.05) is 0 Å². The molecule has 4 rings (SSSR count). The van der Waals surface area contributed by atoms with Crippen molar-refractivity contribution in [3.8, 4) is 0 Å². The average Bonchev–Trinajstić information content (AvgIpc) is 2.80. The van der Waals surface area contributed by atoms with Gasteiger partial charge in [0.2, 0.25) is 0 Å². The SMILES string of the molecule is [Cl][Sn]([O][Sn]([c]1ccccc1)[c]1ccccc1)([c]1ccccc1)[c]1ccccc1. The molecule has 0 heterocycles. The fraction of sp³-hybridized carbons (Fsp3) is 0. The Labute approximate surface area is 182 Å². The number of benzene rings is 4. The molecule has 1 radical (unpaired) electrons. The third kappa shape index (κ3) is 4.48. The quantitative estimate of drug-likeness (QED) is 0.311. The van der Waals surface area contributed by atoms with E-state index in [4.69, 9.17) is 10.3 Å². The van der Waals surface area contributed by atoms with Crippen molar-refractivity contribution >= 4 is 61.1 Å². The van der Waals surface area contributed by atoms with Gasteiger partial charge >= 0.3 is 184 Å². The summed E-state index contributed by atoms with van der Waals surface area (Å²) in [5.74, 6) is 0. The zero-order valence-electron chi connectivity index (χ0n) is 15.3. The molecule has 0 spiro atoms. The van der Waals surface area contributed by atoms with Gasteiger partial charge in [0.15, 0.2) is 0 Å². The summed E-state index contributed by atoms with van der Waals surface area (Å²) in [6.45, 7) is 0. The molecule has 0 N–H and O–H groups in total. The molecule has 0 bridgehead atoms. The fourth-order valence-corrected chi connectivity index (χ4v) is 33.2. The second-order valence-electron chi connectivity index (χ2n) is 6.49. The second-order valence-corrected chi connectivity index (χ2v) is 26.4. The van der Waals surface area contributed by atoms with Crippen LogP contribution in [0.3, 0.4) is 0 Å². The summed E-state index contributed by atoms with van der Waals surface area (Å²) in [5.41, 5.74) is 0. The van der Waals surface area contributed by atoms with Gasteiger partial charge in [-0.2, -0.15) is 0 Å². The molecule has 4 heteroatoms. The second kappa shape index (κ2) is 9.48. The molecule has 4 aromatic rings. The molecule has 4 aromatic carbocycles. The van der Waals surface area contributed by atoms with Crippen molar-refractivity contribution < 1.29 is 1.41 Å². The van der Waals surface area contributed by atoms with E-state index in [1.807, 2.05) is 12.1 Å². The van der Waals surface area contributed by atoms with Gasteiger partial charge in [0.25, 0.3) is 0 Å². The van der Waals surface area contributed by atoms with Crippen molar-refractivity contribution in [2.75, 3.05) is 0 Å². The van der Waals surface area contributed by atoms with Crippen molar-refractivity contribution in [2.45, 2.75) is 0 Å². The van der Waals surface area contributed by atoms with Gasteiger partial charge in [-0.3, -0.25) is 0 Å². The number of hydrogen-bond donors (Lipinski definition) is 0. The normalized spacial score (nSPS) is 11.5. The summed E-state index contributed by atoms with van der Waals surface area (Å²) in [7, 11) is 7.52. The van der Waals surface area contributed by atoms with Crippen molar-refractivity contribution in [3.05, 3.63) is 121 Å². The first kappa shape index (κ1) is 20.0. The zero-order chi connectivity index (χ0) is 19.2. The molecule has 1 nitrogen and oxygen atoms in total. The minimum absolute atomic E-state index is 1.16. The molecule has 0 saturated heterocycles. The van der Waals surface area contributed by atoms with E-state index >= 15 is 0 Å². The van der Waals surface area contributed by atoms with E-state index in [0.29, 0.717) is 0 Å². The van der Waals surface area contributed by atoms with Crippen LogP contribution in [0, 0.1) is 0 Å². The van der Waals surface area contributed by atoms with Gasteiger partial charge < -0.3 is 0 Å². The summed E-state index contributed by atoms with van der Waals surface area (Å²) >= 11 is -6.49. The molecule has 28 heavy (non-hydrogen) atoms. The van der Waals surface area contributed by atoms with Gasteiger partial charge in [-0.05, 0) is 0 Å². The van der Waals surface area contributed by atoms with E-state index in [1.165, 1.54) is 7.16 Å². The van der Waals surface area contributed by atoms with Crippen LogP contribution in [-0.4, -0.2) is 37.8 Å². The van der Waals surface area contributed by atoms with Crippen LogP contribution in [0.1, 0.15) is 0 Å². The van der Waals surface area contributed by atoms with E-state index in [-0.39, 0.29) is 0 Å². The molecular formula is C24H20ClOSn2. The van der Waals surface area contributed by atoms with Crippen LogP contribution in [0.15, 0.2) is 121 Å². The molecule has 137 valence electrons. The van der Waals surface area contributed by atoms with Gasteiger partial charge in [-0.1, -0.05) is 0 Å². The topological polar surface area (TPSA) is 9.23 Å². The standard InChI is InChI=1S/4C6H5.ClH.O.2Sn/c4*1-2-4-6-5-3-1;;;;/h4*1-5H;1H;;;/q;;;;;;;+1/p-1. The first-order valence-corrected chi connectivity index (χ1v) is 20.9. The van der Waals surface area contributed by atoms with Crippen LogP contribution in [-0.2, 0) is 1.41 Å². The number of halogens is 1. The Bertz CT molecular complexity index is 917. The molecule has 0 amide bonds. The van der Waals surface area contributed by atoms with Crippen LogP contribution in [0.5, 0.6) is 0 Å². The molecule has 0 aliphatic heterocycles. The predicted molar refractivity (Wildman–Crippen MR) is 123 cm³/mol. The Hall–Kier alpha value is -1.27. The fourth-order valence-electron chi connectivity index (χ4n) is 3.19. The molecular weight excluding hydrogens is 577 g/mol. The van der Waals surface area contributed by atoms with Gasteiger partial charge in [-0.15, -0.1) is 0 Å². The summed E-state index contributed by atoms with van der Waals surface area (Å²) in [6.07, 6.45) is 0. The Kier molecular flexibility index (Phi) is 6.78. The Morgan fingerprint density at radius 2 is 0.821 bits per heavy atom. The maximum absolute atomic E-state index is 7.52. The monoisotopic (exact) mass is 599 g/mol. The van der Waals surface area contributed by atoms with E-state index in [1.54, 1.807) is 0 Å². The van der Waals surface area contributed by atoms with E-state index in [2.05, 4.69) is 109 Å². The van der Waals surface area contributed by atoms with E-state index < -0.39 is 37.8 Å². The van der Waals surface area contributed by atoms with E-state index in [9.17, 15) is 0 Å². The Morgan fingerprint density at radius 3 is 1.18 bits per heavy atom. The van der Waals surface area contributed by atoms with Crippen molar-refractivity contribution in [1.82, 2.24) is 0 Å². The Balaban J connectivity index is 1.84. The summed E-state index contributed by atoms with van der Waals surface area (Å²) in [6, 6.07) is 42.1. The summed E-state index contributed by atoms with van der Waals surface area (Å²) in [4.78, 5) is 0. The summed E-state index contributed by atoms with van der Waals surface area (Å²) < 4.78 is 12.1. The third-order valence-electron chi connectivity index (χ3n) is 4.60. The molecule has 0 aliphatic carbocycles. The minimum atomic E-state index is -3.82. The Morgan fingerprint density at radius 1 is 0.500 bits per heavy atom. The number of hydrogen-bond acceptors (Lipinski definition) is 1. The molecule has 0 atom stereocenters. The van der Waals surface area contributed by atoms with Crippen molar-refractivity contribution in [3.63, 3.8) is 0 Å². The van der Waals surface area contributed by atoms with Crippen LogP contribution >= 0.6 is 8.92 Å². The number of rotatable bonds is 6. The van der Waals surface area contributed by atoms with Crippen LogP contribution in [0.4, 0.5) is 0 Å². The summed E-state index contributed by atoms with van der Waals surface area (Å²) in [5, 5.41) is 0. The first-order valence-electron chi connectivity index (χ1n) is 9.24. The predicted octanol–water partition coefficient (Wildman–Crippen LogP) is 3.30. The first-order chi connectivity index (χ1) is 13.8. The zero-order valence-corrected chi connectivity index (χ0v) is 21.8. The third-order valence-corrected chi connectivity index (χ3v) is 32.7. The van der Waals surface area contributed by atoms with Crippen LogP contribution in [0.25, 0.3) is 0 Å². The van der Waals surface area contributed by atoms with E-state index in [0.717, 1.165) is 7.16 Å². The van der Waals surface area contributed by atoms with Crippen LogP contribution in [0.2, 0.25) is 0 Å². The van der Waals surface area contributed by atoms with Gasteiger partial charge in [0.05, 0.1) is 0 Å². The molecule has 0 saturated carbocycles. The van der Waals surface area contributed by atoms with Gasteiger partial charge in [-0.25, -0.2) is 0 Å². The average molecular weight is 597 g/mol. The van der Waals surface area contributed by atoms with Gasteiger partial charge in [0.1, 0.15) is 0 Å². The van der Waals surface area contributed by atoms with Crippen molar-refractivity contribution in [2.24, 2.45) is 0 Å². The molecule has 0 aliphatic rings. The molecule has 0 aromatic heterocycles.